The first-order chi connectivity index (χ1) is 12.7. The summed E-state index contributed by atoms with van der Waals surface area (Å²) in [6.07, 6.45) is -4.44. The van der Waals surface area contributed by atoms with Crippen LogP contribution in [0.5, 0.6) is 0 Å². The fourth-order valence-corrected chi connectivity index (χ4v) is 6.52. The van der Waals surface area contributed by atoms with Gasteiger partial charge in [-0.05, 0) is 49.0 Å². The number of nitrogens with two attached hydrogens (primary N) is 1. The minimum Gasteiger partial charge on any atom is -0.369 e. The second-order valence-corrected chi connectivity index (χ2v) is 10.9. The molecule has 152 valence electrons. The summed E-state index contributed by atoms with van der Waals surface area (Å²) in [5, 5.41) is 0.342. The lowest BCUT2D eigenvalue weighted by atomic mass is 10.0. The Bertz CT molecular complexity index is 1080. The van der Waals surface area contributed by atoms with E-state index in [4.69, 9.17) is 17.3 Å². The van der Waals surface area contributed by atoms with Crippen molar-refractivity contribution in [3.05, 3.63) is 45.3 Å². The Balaban J connectivity index is 2.12. The molecule has 2 heterocycles. The lowest BCUT2D eigenvalue weighted by molar-refractivity contribution is -0.137. The summed E-state index contributed by atoms with van der Waals surface area (Å²) in [6, 6.07) is 5.47. The van der Waals surface area contributed by atoms with E-state index in [0.29, 0.717) is 25.9 Å². The van der Waals surface area contributed by atoms with Crippen molar-refractivity contribution < 1.29 is 17.4 Å². The van der Waals surface area contributed by atoms with Gasteiger partial charge in [0.05, 0.1) is 30.9 Å². The molecule has 1 aliphatic rings. The Morgan fingerprint density at radius 3 is 2.57 bits per heavy atom. The zero-order chi connectivity index (χ0) is 21.1. The number of benzene rings is 1. The zero-order valence-electron chi connectivity index (χ0n) is 15.4. The molecule has 2 N–H and O–H groups in total. The SMILES string of the molecule is C=S1(=O)C[C@@](C)(c2sc(-c3cc(C)cc(C(F)(F)F)c3)cc2Cl)N=C(N)N1C. The van der Waals surface area contributed by atoms with Crippen LogP contribution >= 0.6 is 22.9 Å². The van der Waals surface area contributed by atoms with Crippen molar-refractivity contribution in [1.82, 2.24) is 4.31 Å². The number of alkyl halides is 3. The monoisotopic (exact) mass is 449 g/mol. The first-order valence-electron chi connectivity index (χ1n) is 8.16. The van der Waals surface area contributed by atoms with Crippen LogP contribution < -0.4 is 5.73 Å². The number of halogens is 4. The van der Waals surface area contributed by atoms with Gasteiger partial charge in [0.1, 0.15) is 5.54 Å². The Morgan fingerprint density at radius 1 is 1.36 bits per heavy atom. The van der Waals surface area contributed by atoms with Crippen molar-refractivity contribution >= 4 is 44.5 Å². The fourth-order valence-electron chi connectivity index (χ4n) is 3.15. The van der Waals surface area contributed by atoms with Crippen LogP contribution in [-0.2, 0) is 21.4 Å². The van der Waals surface area contributed by atoms with Crippen LogP contribution in [0.15, 0.2) is 29.3 Å². The maximum Gasteiger partial charge on any atom is 0.416 e. The van der Waals surface area contributed by atoms with Crippen LogP contribution in [0.1, 0.15) is 22.9 Å². The average Bonchev–Trinajstić information content (AvgIpc) is 2.93. The van der Waals surface area contributed by atoms with E-state index in [2.05, 4.69) is 10.9 Å². The first kappa shape index (κ1) is 21.0. The summed E-state index contributed by atoms with van der Waals surface area (Å²) in [5.74, 6) is 3.93. The fraction of sp³-hybridized carbons (Fsp3) is 0.333. The minimum atomic E-state index is -4.44. The van der Waals surface area contributed by atoms with Crippen molar-refractivity contribution in [3.63, 3.8) is 0 Å². The normalized spacial score (nSPS) is 25.7. The number of rotatable bonds is 2. The highest BCUT2D eigenvalue weighted by atomic mass is 35.5. The number of hydrogen-bond donors (Lipinski definition) is 1. The molecule has 0 saturated carbocycles. The quantitative estimate of drug-likeness (QED) is 0.686. The second kappa shape index (κ2) is 6.67. The highest BCUT2D eigenvalue weighted by Gasteiger charge is 2.40. The number of guanidine groups is 1. The van der Waals surface area contributed by atoms with E-state index in [1.165, 1.54) is 15.6 Å². The van der Waals surface area contributed by atoms with E-state index in [0.717, 1.165) is 12.1 Å². The van der Waals surface area contributed by atoms with E-state index >= 15 is 0 Å². The summed E-state index contributed by atoms with van der Waals surface area (Å²) < 4.78 is 53.7. The smallest absolute Gasteiger partial charge is 0.369 e. The summed E-state index contributed by atoms with van der Waals surface area (Å²) >= 11 is 7.63. The third-order valence-electron chi connectivity index (χ3n) is 4.55. The van der Waals surface area contributed by atoms with E-state index in [-0.39, 0.29) is 11.7 Å². The molecule has 4 nitrogen and oxygen atoms in total. The second-order valence-electron chi connectivity index (χ2n) is 7.03. The molecule has 28 heavy (non-hydrogen) atoms. The van der Waals surface area contributed by atoms with Gasteiger partial charge in [-0.25, -0.2) is 9.20 Å². The Kier molecular flexibility index (Phi) is 5.01. The van der Waals surface area contributed by atoms with Gasteiger partial charge < -0.3 is 5.73 Å². The van der Waals surface area contributed by atoms with E-state index in [9.17, 15) is 17.4 Å². The van der Waals surface area contributed by atoms with Crippen LogP contribution in [0.2, 0.25) is 5.02 Å². The van der Waals surface area contributed by atoms with Crippen LogP contribution in [0.4, 0.5) is 13.2 Å². The molecule has 1 aliphatic heterocycles. The van der Waals surface area contributed by atoms with Gasteiger partial charge in [0.2, 0.25) is 5.96 Å². The molecule has 0 fully saturated rings. The maximum atomic E-state index is 13.2. The Labute approximate surface area is 171 Å². The highest BCUT2D eigenvalue weighted by Crippen LogP contribution is 2.45. The van der Waals surface area contributed by atoms with Crippen molar-refractivity contribution in [2.45, 2.75) is 25.6 Å². The third kappa shape index (κ3) is 3.75. The van der Waals surface area contributed by atoms with Crippen LogP contribution in [0, 0.1) is 6.92 Å². The molecule has 10 heteroatoms. The largest absolute Gasteiger partial charge is 0.416 e. The van der Waals surface area contributed by atoms with Gasteiger partial charge in [0, 0.05) is 11.9 Å². The minimum absolute atomic E-state index is 0.0784. The Morgan fingerprint density at radius 2 is 2.00 bits per heavy atom. The van der Waals surface area contributed by atoms with Crippen LogP contribution in [0.3, 0.4) is 0 Å². The molecule has 0 saturated heterocycles. The highest BCUT2D eigenvalue weighted by molar-refractivity contribution is 7.98. The van der Waals surface area contributed by atoms with Gasteiger partial charge in [-0.3, -0.25) is 4.31 Å². The molecule has 0 aliphatic carbocycles. The predicted octanol–water partition coefficient (Wildman–Crippen LogP) is 4.50. The van der Waals surface area contributed by atoms with Crippen LogP contribution in [-0.4, -0.2) is 33.1 Å². The maximum absolute atomic E-state index is 13.2. The molecule has 1 unspecified atom stereocenters. The number of hydrogen-bond acceptors (Lipinski definition) is 4. The van der Waals surface area contributed by atoms with Gasteiger partial charge in [-0.1, -0.05) is 17.7 Å². The number of thiophene rings is 1. The number of aryl methyl sites for hydroxylation is 1. The third-order valence-corrected chi connectivity index (χ3v) is 8.60. The molecule has 0 radical (unpaired) electrons. The zero-order valence-corrected chi connectivity index (χ0v) is 17.8. The summed E-state index contributed by atoms with van der Waals surface area (Å²) in [4.78, 5) is 5.61. The van der Waals surface area contributed by atoms with Gasteiger partial charge in [0.25, 0.3) is 0 Å². The molecular formula is C18H19ClF3N3OS2. The topological polar surface area (TPSA) is 58.7 Å². The number of aliphatic imine (C=N–C) groups is 1. The average molecular weight is 450 g/mol. The molecule has 0 bridgehead atoms. The van der Waals surface area contributed by atoms with E-state index in [1.54, 1.807) is 33.0 Å². The predicted molar refractivity (Wildman–Crippen MR) is 111 cm³/mol. The summed E-state index contributed by atoms with van der Waals surface area (Å²) in [7, 11) is -1.14. The first-order valence-corrected chi connectivity index (χ1v) is 11.2. The molecule has 0 amide bonds. The van der Waals surface area contributed by atoms with Gasteiger partial charge in [-0.15, -0.1) is 11.3 Å². The van der Waals surface area contributed by atoms with Gasteiger partial charge in [0.15, 0.2) is 0 Å². The molecule has 2 aromatic rings. The number of nitrogens with zero attached hydrogens (tertiary/aromatic N) is 2. The summed E-state index contributed by atoms with van der Waals surface area (Å²) in [5.41, 5.74) is 5.12. The molecule has 0 spiro atoms. The van der Waals surface area contributed by atoms with Crippen molar-refractivity contribution in [1.29, 1.82) is 0 Å². The van der Waals surface area contributed by atoms with Crippen LogP contribution in [0.25, 0.3) is 10.4 Å². The Hall–Kier alpha value is -1.71. The molecule has 1 aromatic carbocycles. The molecule has 2 atom stereocenters. The van der Waals surface area contributed by atoms with Crippen molar-refractivity contribution in [2.24, 2.45) is 10.7 Å². The lowest BCUT2D eigenvalue weighted by Crippen LogP contribution is -2.50. The van der Waals surface area contributed by atoms with E-state index < -0.39 is 27.0 Å². The molecule has 1 aromatic heterocycles. The summed E-state index contributed by atoms with van der Waals surface area (Å²) in [6.45, 7) is 3.35. The van der Waals surface area contributed by atoms with Crippen molar-refractivity contribution in [2.75, 3.05) is 12.8 Å². The molecule has 3 rings (SSSR count). The molecular weight excluding hydrogens is 431 g/mol. The van der Waals surface area contributed by atoms with E-state index in [1.807, 2.05) is 0 Å². The standard InChI is InChI=1S/C18H19ClF3N3OS2/c1-10-5-11(7-12(6-10)18(20,21)22)14-8-13(19)15(27-14)17(2)9-28(4,26)25(3)16(23)24-17/h5-8H,4,9H2,1-3H3,(H2,23,24)/t17-,28?/m0/s1. The van der Waals surface area contributed by atoms with Crippen molar-refractivity contribution in [3.8, 4) is 10.4 Å². The van der Waals surface area contributed by atoms with Gasteiger partial charge in [-0.2, -0.15) is 13.2 Å². The van der Waals surface area contributed by atoms with Gasteiger partial charge >= 0.3 is 6.18 Å². The lowest BCUT2D eigenvalue weighted by Gasteiger charge is -2.36.